The van der Waals surface area contributed by atoms with Gasteiger partial charge in [0.1, 0.15) is 5.01 Å². The van der Waals surface area contributed by atoms with Gasteiger partial charge in [0.25, 0.3) is 0 Å². The quantitative estimate of drug-likeness (QED) is 0.539. The van der Waals surface area contributed by atoms with E-state index in [0.717, 1.165) is 15.6 Å². The Morgan fingerprint density at radius 1 is 0.926 bits per heavy atom. The van der Waals surface area contributed by atoms with E-state index in [1.807, 2.05) is 49.4 Å². The molecule has 0 aliphatic carbocycles. The first-order valence-electron chi connectivity index (χ1n) is 8.04. The first kappa shape index (κ1) is 18.9. The summed E-state index contributed by atoms with van der Waals surface area (Å²) >= 11 is 2.74. The largest absolute Gasteiger partial charge is 0.323 e. The van der Waals surface area contributed by atoms with Gasteiger partial charge in [-0.1, -0.05) is 29.5 Å². The average Bonchev–Trinajstić information content (AvgIpc) is 3.06. The van der Waals surface area contributed by atoms with E-state index in [9.17, 15) is 9.59 Å². The third-order valence-corrected chi connectivity index (χ3v) is 5.05. The highest BCUT2D eigenvalue weighted by Crippen LogP contribution is 2.21. The molecule has 0 atom stereocenters. The second kappa shape index (κ2) is 9.15. The molecule has 2 aromatic carbocycles. The van der Waals surface area contributed by atoms with Crippen molar-refractivity contribution in [2.24, 2.45) is 0 Å². The summed E-state index contributed by atoms with van der Waals surface area (Å²) in [5.41, 5.74) is 1.39. The van der Waals surface area contributed by atoms with Crippen LogP contribution in [0, 0.1) is 6.92 Å². The van der Waals surface area contributed by atoms with E-state index in [4.69, 9.17) is 0 Å². The molecule has 3 amide bonds. The lowest BCUT2D eigenvalue weighted by molar-refractivity contribution is -0.113. The molecule has 0 radical (unpaired) electrons. The molecule has 0 saturated heterocycles. The number of benzene rings is 2. The third kappa shape index (κ3) is 6.08. The van der Waals surface area contributed by atoms with Crippen molar-refractivity contribution in [3.63, 3.8) is 0 Å². The number of hydrogen-bond donors (Lipinski definition) is 3. The van der Waals surface area contributed by atoms with Crippen molar-refractivity contribution in [3.05, 3.63) is 59.6 Å². The van der Waals surface area contributed by atoms with Crippen LogP contribution in [0.25, 0.3) is 0 Å². The van der Waals surface area contributed by atoms with Gasteiger partial charge in [-0.05, 0) is 43.3 Å². The third-order valence-electron chi connectivity index (χ3n) is 3.29. The molecule has 27 heavy (non-hydrogen) atoms. The van der Waals surface area contributed by atoms with Gasteiger partial charge in [-0.3, -0.25) is 10.1 Å². The number of hydrogen-bond acceptors (Lipinski definition) is 6. The number of rotatable bonds is 6. The van der Waals surface area contributed by atoms with Crippen LogP contribution in [-0.4, -0.2) is 27.9 Å². The molecular weight excluding hydrogens is 382 g/mol. The number of carbonyl (C=O) groups is 2. The molecule has 3 N–H and O–H groups in total. The van der Waals surface area contributed by atoms with Gasteiger partial charge in [-0.15, -0.1) is 22.0 Å². The van der Waals surface area contributed by atoms with Crippen LogP contribution in [0.1, 0.15) is 5.01 Å². The molecule has 0 aliphatic rings. The lowest BCUT2D eigenvalue weighted by Gasteiger charge is -2.08. The zero-order valence-corrected chi connectivity index (χ0v) is 16.1. The molecule has 1 aromatic heterocycles. The first-order chi connectivity index (χ1) is 13.1. The van der Waals surface area contributed by atoms with Gasteiger partial charge in [-0.2, -0.15) is 0 Å². The summed E-state index contributed by atoms with van der Waals surface area (Å²) in [7, 11) is 0. The summed E-state index contributed by atoms with van der Waals surface area (Å²) < 4.78 is 0. The van der Waals surface area contributed by atoms with Crippen molar-refractivity contribution in [1.29, 1.82) is 0 Å². The van der Waals surface area contributed by atoms with E-state index in [1.54, 1.807) is 12.1 Å². The minimum Gasteiger partial charge on any atom is -0.308 e. The van der Waals surface area contributed by atoms with Gasteiger partial charge in [0, 0.05) is 16.3 Å². The minimum atomic E-state index is -0.312. The Morgan fingerprint density at radius 2 is 1.59 bits per heavy atom. The fourth-order valence-corrected chi connectivity index (χ4v) is 3.41. The molecular formula is C18H17N5O2S2. The number of amides is 3. The highest BCUT2D eigenvalue weighted by molar-refractivity contribution is 8.00. The molecule has 0 bridgehead atoms. The second-order valence-electron chi connectivity index (χ2n) is 5.43. The normalized spacial score (nSPS) is 10.3. The fourth-order valence-electron chi connectivity index (χ4n) is 2.10. The predicted octanol–water partition coefficient (Wildman–Crippen LogP) is 4.22. The maximum absolute atomic E-state index is 12.0. The summed E-state index contributed by atoms with van der Waals surface area (Å²) in [6, 6.07) is 16.2. The number of carbonyl (C=O) groups excluding carboxylic acids is 2. The van der Waals surface area contributed by atoms with Gasteiger partial charge < -0.3 is 10.6 Å². The Morgan fingerprint density at radius 3 is 2.22 bits per heavy atom. The van der Waals surface area contributed by atoms with Gasteiger partial charge in [0.15, 0.2) is 0 Å². The Bertz CT molecular complexity index is 913. The van der Waals surface area contributed by atoms with E-state index in [2.05, 4.69) is 26.1 Å². The van der Waals surface area contributed by atoms with E-state index >= 15 is 0 Å². The topological polar surface area (TPSA) is 96.0 Å². The van der Waals surface area contributed by atoms with Gasteiger partial charge in [0.05, 0.1) is 5.75 Å². The van der Waals surface area contributed by atoms with Crippen LogP contribution in [0.3, 0.4) is 0 Å². The number of anilines is 3. The summed E-state index contributed by atoms with van der Waals surface area (Å²) in [6.07, 6.45) is 0. The van der Waals surface area contributed by atoms with E-state index < -0.39 is 0 Å². The van der Waals surface area contributed by atoms with Crippen molar-refractivity contribution in [1.82, 2.24) is 10.2 Å². The number of nitrogens with zero attached hydrogens (tertiary/aromatic N) is 2. The molecule has 138 valence electrons. The van der Waals surface area contributed by atoms with Crippen LogP contribution in [0.15, 0.2) is 59.5 Å². The van der Waals surface area contributed by atoms with Crippen molar-refractivity contribution in [2.75, 3.05) is 21.7 Å². The SMILES string of the molecule is Cc1nnc(NC(=O)CSc2ccc(NC(=O)Nc3ccccc3)cc2)s1. The number of urea groups is 1. The number of aromatic nitrogens is 2. The fraction of sp³-hybridized carbons (Fsp3) is 0.111. The molecule has 0 saturated carbocycles. The molecule has 0 fully saturated rings. The first-order valence-corrected chi connectivity index (χ1v) is 9.84. The monoisotopic (exact) mass is 399 g/mol. The highest BCUT2D eigenvalue weighted by Gasteiger charge is 2.08. The standard InChI is InChI=1S/C18H17N5O2S2/c1-12-22-23-18(27-12)21-16(24)11-26-15-9-7-14(8-10-15)20-17(25)19-13-5-3-2-4-6-13/h2-10H,11H2,1H3,(H2,19,20,25)(H,21,23,24). The maximum atomic E-state index is 12.0. The van der Waals surface area contributed by atoms with E-state index in [1.165, 1.54) is 23.1 Å². The van der Waals surface area contributed by atoms with E-state index in [0.29, 0.717) is 10.8 Å². The second-order valence-corrected chi connectivity index (χ2v) is 7.66. The van der Waals surface area contributed by atoms with Crippen LogP contribution in [0.5, 0.6) is 0 Å². The van der Waals surface area contributed by atoms with Crippen LogP contribution < -0.4 is 16.0 Å². The highest BCUT2D eigenvalue weighted by atomic mass is 32.2. The van der Waals surface area contributed by atoms with Crippen LogP contribution in [0.2, 0.25) is 0 Å². The molecule has 7 nitrogen and oxygen atoms in total. The zero-order valence-electron chi connectivity index (χ0n) is 14.4. The Balaban J connectivity index is 1.45. The zero-order chi connectivity index (χ0) is 19.1. The summed E-state index contributed by atoms with van der Waals surface area (Å²) in [4.78, 5) is 24.8. The van der Waals surface area contributed by atoms with E-state index in [-0.39, 0.29) is 17.7 Å². The van der Waals surface area contributed by atoms with Gasteiger partial charge in [-0.25, -0.2) is 4.79 Å². The number of aryl methyl sites for hydroxylation is 1. The molecule has 0 spiro atoms. The molecule has 3 aromatic rings. The number of para-hydroxylation sites is 1. The maximum Gasteiger partial charge on any atom is 0.323 e. The van der Waals surface area contributed by atoms with Crippen molar-refractivity contribution < 1.29 is 9.59 Å². The van der Waals surface area contributed by atoms with Crippen molar-refractivity contribution in [3.8, 4) is 0 Å². The number of thioether (sulfide) groups is 1. The Labute approximate surface area is 164 Å². The smallest absolute Gasteiger partial charge is 0.308 e. The summed E-state index contributed by atoms with van der Waals surface area (Å²) in [5, 5.41) is 17.3. The molecule has 0 aliphatic heterocycles. The molecule has 3 rings (SSSR count). The Hall–Kier alpha value is -2.91. The lowest BCUT2D eigenvalue weighted by atomic mass is 10.3. The summed E-state index contributed by atoms with van der Waals surface area (Å²) in [6.45, 7) is 1.83. The summed E-state index contributed by atoms with van der Waals surface area (Å²) in [5.74, 6) is 0.125. The van der Waals surface area contributed by atoms with Crippen LogP contribution in [-0.2, 0) is 4.79 Å². The van der Waals surface area contributed by atoms with Gasteiger partial charge in [0.2, 0.25) is 11.0 Å². The molecule has 9 heteroatoms. The Kier molecular flexibility index (Phi) is 6.39. The predicted molar refractivity (Wildman–Crippen MR) is 110 cm³/mol. The van der Waals surface area contributed by atoms with Crippen LogP contribution in [0.4, 0.5) is 21.3 Å². The molecule has 0 unspecified atom stereocenters. The average molecular weight is 400 g/mol. The van der Waals surface area contributed by atoms with Gasteiger partial charge >= 0.3 is 6.03 Å². The van der Waals surface area contributed by atoms with Crippen LogP contribution >= 0.6 is 23.1 Å². The number of nitrogens with one attached hydrogen (secondary N) is 3. The van der Waals surface area contributed by atoms with Crippen molar-refractivity contribution in [2.45, 2.75) is 11.8 Å². The minimum absolute atomic E-state index is 0.138. The molecule has 1 heterocycles. The lowest BCUT2D eigenvalue weighted by Crippen LogP contribution is -2.19. The van der Waals surface area contributed by atoms with Crippen molar-refractivity contribution >= 4 is 51.5 Å².